The average molecular weight is 375 g/mol. The monoisotopic (exact) mass is 375 g/mol. The van der Waals surface area contributed by atoms with Gasteiger partial charge in [0, 0.05) is 17.7 Å². The predicted molar refractivity (Wildman–Crippen MR) is 92.7 cm³/mol. The first kappa shape index (κ1) is 16.9. The quantitative estimate of drug-likeness (QED) is 0.613. The van der Waals surface area contributed by atoms with Crippen molar-refractivity contribution in [1.29, 1.82) is 0 Å². The van der Waals surface area contributed by atoms with E-state index in [0.29, 0.717) is 33.1 Å². The highest BCUT2D eigenvalue weighted by molar-refractivity contribution is 7.18. The van der Waals surface area contributed by atoms with Crippen LogP contribution in [0.1, 0.15) is 35.0 Å². The Morgan fingerprint density at radius 2 is 2.15 bits per heavy atom. The van der Waals surface area contributed by atoms with E-state index in [4.69, 9.17) is 0 Å². The number of thiazole rings is 1. The molecule has 0 saturated carbocycles. The van der Waals surface area contributed by atoms with Gasteiger partial charge in [-0.25, -0.2) is 9.78 Å². The van der Waals surface area contributed by atoms with Crippen LogP contribution in [0, 0.1) is 18.8 Å². The molecule has 2 aliphatic rings. The second-order valence-electron chi connectivity index (χ2n) is 6.75. The zero-order chi connectivity index (χ0) is 18.9. The normalized spacial score (nSPS) is 26.2. The number of aryl methyl sites for hydroxylation is 1. The number of carboxylic acid groups (broad SMARTS) is 1. The summed E-state index contributed by atoms with van der Waals surface area (Å²) < 4.78 is 1.76. The molecule has 2 aliphatic heterocycles. The highest BCUT2D eigenvalue weighted by Gasteiger charge is 2.60. The van der Waals surface area contributed by atoms with E-state index in [0.717, 1.165) is 0 Å². The molecular weight excluding hydrogens is 358 g/mol. The number of imidazole rings is 1. The zero-order valence-corrected chi connectivity index (χ0v) is 15.1. The zero-order valence-electron chi connectivity index (χ0n) is 14.3. The molecule has 0 bridgehead atoms. The van der Waals surface area contributed by atoms with Gasteiger partial charge in [0.05, 0.1) is 22.9 Å². The minimum Gasteiger partial charge on any atom is -0.477 e. The Morgan fingerprint density at radius 3 is 2.73 bits per heavy atom. The van der Waals surface area contributed by atoms with Gasteiger partial charge in [0.25, 0.3) is 0 Å². The highest BCUT2D eigenvalue weighted by Crippen LogP contribution is 2.51. The van der Waals surface area contributed by atoms with Gasteiger partial charge < -0.3 is 15.1 Å². The number of aldehydes is 1. The van der Waals surface area contributed by atoms with Crippen LogP contribution in [0.15, 0.2) is 11.9 Å². The lowest BCUT2D eigenvalue weighted by Crippen LogP contribution is -2.63. The summed E-state index contributed by atoms with van der Waals surface area (Å²) in [6, 6.07) is -0.366. The summed E-state index contributed by atoms with van der Waals surface area (Å²) in [6.45, 7) is 5.18. The molecule has 4 heterocycles. The Morgan fingerprint density at radius 1 is 1.46 bits per heavy atom. The highest BCUT2D eigenvalue weighted by atomic mass is 32.1. The smallest absolute Gasteiger partial charge is 0.352 e. The molecule has 1 fully saturated rings. The van der Waals surface area contributed by atoms with E-state index in [2.05, 4.69) is 4.98 Å². The summed E-state index contributed by atoms with van der Waals surface area (Å²) in [7, 11) is 0. The van der Waals surface area contributed by atoms with Gasteiger partial charge in [0.2, 0.25) is 5.91 Å². The van der Waals surface area contributed by atoms with E-state index in [1.165, 1.54) is 16.2 Å². The minimum atomic E-state index is -1.17. The number of aliphatic hydroxyl groups is 1. The number of β-lactam (4-membered cyclic amide) rings is 1. The number of aliphatic carboxylic acids is 1. The fraction of sp³-hybridized carbons (Fsp3) is 0.412. The minimum absolute atomic E-state index is 0.0350. The molecule has 1 amide bonds. The maximum Gasteiger partial charge on any atom is 0.352 e. The summed E-state index contributed by atoms with van der Waals surface area (Å²) in [5, 5.41) is 19.6. The molecule has 0 unspecified atom stereocenters. The number of carboxylic acids is 1. The predicted octanol–water partition coefficient (Wildman–Crippen LogP) is 1.17. The number of nitrogens with zero attached hydrogens (tertiary/aromatic N) is 3. The third kappa shape index (κ3) is 1.98. The molecule has 136 valence electrons. The number of aliphatic hydroxyl groups excluding tert-OH is 1. The van der Waals surface area contributed by atoms with Crippen LogP contribution < -0.4 is 0 Å². The summed E-state index contributed by atoms with van der Waals surface area (Å²) in [5.74, 6) is -1.74. The summed E-state index contributed by atoms with van der Waals surface area (Å²) in [5.41, 5.74) is 0.833. The number of carbonyl (C=O) groups is 3. The largest absolute Gasteiger partial charge is 0.477 e. The first-order valence-electron chi connectivity index (χ1n) is 8.20. The molecule has 2 aromatic rings. The number of aromatic nitrogens is 2. The molecule has 0 spiro atoms. The molecule has 8 nitrogen and oxygen atoms in total. The number of hydrogen-bond donors (Lipinski definition) is 2. The van der Waals surface area contributed by atoms with Crippen LogP contribution in [0.4, 0.5) is 0 Å². The molecule has 1 saturated heterocycles. The van der Waals surface area contributed by atoms with Crippen molar-refractivity contribution < 1.29 is 24.6 Å². The number of amides is 1. The third-order valence-corrected chi connectivity index (χ3v) is 6.42. The molecule has 26 heavy (non-hydrogen) atoms. The van der Waals surface area contributed by atoms with Gasteiger partial charge in [-0.1, -0.05) is 6.92 Å². The number of rotatable bonds is 4. The van der Waals surface area contributed by atoms with Gasteiger partial charge >= 0.3 is 5.97 Å². The Hall–Kier alpha value is -2.52. The van der Waals surface area contributed by atoms with Crippen LogP contribution in [0.3, 0.4) is 0 Å². The maximum atomic E-state index is 12.4. The number of carbonyl (C=O) groups excluding carboxylic acids is 2. The standard InChI is InChI=1S/C17H17N3O5S/c1-6-11(10-4-19-8(3)18-9(5-21)16(19)26-10)14(17(24)25)20-13(6)12(7(2)22)15(20)23/h4-7,12-13,22H,1-3H3,(H,24,25)/t6-,7+,12+,13+/m0/s1. The molecule has 0 radical (unpaired) electrons. The van der Waals surface area contributed by atoms with E-state index >= 15 is 0 Å². The molecule has 4 rings (SSSR count). The van der Waals surface area contributed by atoms with Crippen molar-refractivity contribution in [2.45, 2.75) is 32.9 Å². The second kappa shape index (κ2) is 5.49. The fourth-order valence-electron chi connectivity index (χ4n) is 4.14. The van der Waals surface area contributed by atoms with Crippen LogP contribution in [0.25, 0.3) is 10.4 Å². The third-order valence-electron chi connectivity index (χ3n) is 5.27. The van der Waals surface area contributed by atoms with Crippen molar-refractivity contribution >= 4 is 39.9 Å². The molecular formula is C17H17N3O5S. The van der Waals surface area contributed by atoms with Gasteiger partial charge in [0.15, 0.2) is 6.29 Å². The first-order valence-corrected chi connectivity index (χ1v) is 9.02. The second-order valence-corrected chi connectivity index (χ2v) is 7.78. The Labute approximate surface area is 152 Å². The van der Waals surface area contributed by atoms with Gasteiger partial charge in [-0.2, -0.15) is 0 Å². The lowest BCUT2D eigenvalue weighted by Gasteiger charge is -2.46. The first-order chi connectivity index (χ1) is 12.3. The van der Waals surface area contributed by atoms with E-state index in [-0.39, 0.29) is 23.6 Å². The maximum absolute atomic E-state index is 12.4. The molecule has 2 aromatic heterocycles. The Kier molecular flexibility index (Phi) is 3.57. The molecule has 4 atom stereocenters. The van der Waals surface area contributed by atoms with Crippen LogP contribution >= 0.6 is 11.3 Å². The van der Waals surface area contributed by atoms with Crippen LogP contribution in [0.5, 0.6) is 0 Å². The van der Waals surface area contributed by atoms with Gasteiger partial charge in [-0.05, 0) is 13.8 Å². The fourth-order valence-corrected chi connectivity index (χ4v) is 5.38. The summed E-state index contributed by atoms with van der Waals surface area (Å²) in [6.07, 6.45) is 1.60. The van der Waals surface area contributed by atoms with Crippen molar-refractivity contribution in [2.24, 2.45) is 11.8 Å². The van der Waals surface area contributed by atoms with Crippen molar-refractivity contribution in [3.05, 3.63) is 28.3 Å². The lowest BCUT2D eigenvalue weighted by atomic mass is 9.77. The van der Waals surface area contributed by atoms with E-state index < -0.39 is 18.0 Å². The SMILES string of the molecule is Cc1nc(C=O)c2sc(C3=C(C(=O)O)N4C(=O)[C@H]([C@@H](C)O)[C@H]4[C@H]3C)cn12. The number of hydrogen-bond acceptors (Lipinski definition) is 6. The van der Waals surface area contributed by atoms with E-state index in [1.807, 2.05) is 6.92 Å². The molecule has 9 heteroatoms. The molecule has 0 aromatic carbocycles. The van der Waals surface area contributed by atoms with Crippen molar-refractivity contribution in [1.82, 2.24) is 14.3 Å². The van der Waals surface area contributed by atoms with Gasteiger partial charge in [-0.15, -0.1) is 11.3 Å². The van der Waals surface area contributed by atoms with Crippen LogP contribution in [-0.2, 0) is 9.59 Å². The van der Waals surface area contributed by atoms with E-state index in [1.54, 1.807) is 24.4 Å². The van der Waals surface area contributed by atoms with Gasteiger partial charge in [-0.3, -0.25) is 14.0 Å². The van der Waals surface area contributed by atoms with Crippen molar-refractivity contribution in [3.8, 4) is 0 Å². The topological polar surface area (TPSA) is 112 Å². The average Bonchev–Trinajstić information content (AvgIpc) is 3.17. The van der Waals surface area contributed by atoms with Gasteiger partial charge in [0.1, 0.15) is 22.0 Å². The van der Waals surface area contributed by atoms with Crippen molar-refractivity contribution in [2.75, 3.05) is 0 Å². The Balaban J connectivity index is 1.89. The lowest BCUT2D eigenvalue weighted by molar-refractivity contribution is -0.163. The van der Waals surface area contributed by atoms with Crippen LogP contribution in [-0.4, -0.2) is 54.8 Å². The summed E-state index contributed by atoms with van der Waals surface area (Å²) in [4.78, 5) is 42.3. The Bertz CT molecular complexity index is 1000. The summed E-state index contributed by atoms with van der Waals surface area (Å²) >= 11 is 1.28. The molecule has 2 N–H and O–H groups in total. The molecule has 0 aliphatic carbocycles. The van der Waals surface area contributed by atoms with Crippen molar-refractivity contribution in [3.63, 3.8) is 0 Å². The number of fused-ring (bicyclic) bond motifs is 2. The van der Waals surface area contributed by atoms with E-state index in [9.17, 15) is 24.6 Å². The van der Waals surface area contributed by atoms with Crippen LogP contribution in [0.2, 0.25) is 0 Å².